The van der Waals surface area contributed by atoms with E-state index in [1.165, 1.54) is 6.20 Å². The van der Waals surface area contributed by atoms with Gasteiger partial charge < -0.3 is 21.1 Å². The number of fused-ring (bicyclic) bond motifs is 1. The molecule has 1 aliphatic rings. The van der Waals surface area contributed by atoms with Gasteiger partial charge in [-0.05, 0) is 25.3 Å². The zero-order valence-electron chi connectivity index (χ0n) is 13.4. The van der Waals surface area contributed by atoms with Crippen LogP contribution in [0.2, 0.25) is 0 Å². The number of carboxylic acid groups (broad SMARTS) is 1. The van der Waals surface area contributed by atoms with E-state index in [0.29, 0.717) is 11.5 Å². The molecule has 1 aliphatic carbocycles. The Morgan fingerprint density at radius 3 is 2.62 bits per heavy atom. The third-order valence-electron chi connectivity index (χ3n) is 3.55. The summed E-state index contributed by atoms with van der Waals surface area (Å²) in [6.45, 7) is 0. The van der Waals surface area contributed by atoms with Crippen molar-refractivity contribution in [2.75, 3.05) is 5.32 Å². The van der Waals surface area contributed by atoms with Crippen molar-refractivity contribution in [3.8, 4) is 0 Å². The van der Waals surface area contributed by atoms with Crippen LogP contribution < -0.4 is 16.4 Å². The van der Waals surface area contributed by atoms with E-state index < -0.39 is 12.1 Å². The number of nitrogens with two attached hydrogens (primary N) is 1. The van der Waals surface area contributed by atoms with Crippen LogP contribution >= 0.6 is 0 Å². The number of nitrogens with zero attached hydrogens (tertiary/aromatic N) is 2. The van der Waals surface area contributed by atoms with E-state index >= 15 is 0 Å². The molecule has 12 heteroatoms. The first-order valence-corrected chi connectivity index (χ1v) is 7.58. The fourth-order valence-corrected chi connectivity index (χ4v) is 2.38. The Kier molecular flexibility index (Phi) is 5.97. The van der Waals surface area contributed by atoms with Gasteiger partial charge in [-0.25, -0.2) is 19.6 Å². The van der Waals surface area contributed by atoms with Crippen molar-refractivity contribution in [1.82, 2.24) is 20.3 Å². The van der Waals surface area contributed by atoms with Crippen LogP contribution in [0.3, 0.4) is 0 Å². The lowest BCUT2D eigenvalue weighted by molar-refractivity contribution is -0.192. The Balaban J connectivity index is 0.000000298. The maximum Gasteiger partial charge on any atom is 0.490 e. The van der Waals surface area contributed by atoms with Gasteiger partial charge in [-0.1, -0.05) is 0 Å². The Morgan fingerprint density at radius 1 is 1.35 bits per heavy atom. The predicted octanol–water partition coefficient (Wildman–Crippen LogP) is 1.59. The second-order valence-electron chi connectivity index (χ2n) is 5.64. The summed E-state index contributed by atoms with van der Waals surface area (Å²) in [5, 5.41) is 12.7. The van der Waals surface area contributed by atoms with Crippen LogP contribution in [0.1, 0.15) is 19.3 Å². The van der Waals surface area contributed by atoms with Gasteiger partial charge >= 0.3 is 18.2 Å². The van der Waals surface area contributed by atoms with Gasteiger partial charge in [-0.2, -0.15) is 13.2 Å². The summed E-state index contributed by atoms with van der Waals surface area (Å²) in [6, 6.07) is 1.89. The number of halogens is 3. The number of rotatable bonds is 2. The van der Waals surface area contributed by atoms with E-state index in [0.717, 1.165) is 24.8 Å². The fourth-order valence-electron chi connectivity index (χ4n) is 2.38. The highest BCUT2D eigenvalue weighted by molar-refractivity contribution is 5.89. The number of carbonyl (C=O) groups excluding carboxylic acids is 1. The van der Waals surface area contributed by atoms with Gasteiger partial charge in [0.15, 0.2) is 11.5 Å². The van der Waals surface area contributed by atoms with Crippen LogP contribution in [0, 0.1) is 0 Å². The van der Waals surface area contributed by atoms with E-state index in [9.17, 15) is 18.0 Å². The smallest absolute Gasteiger partial charge is 0.475 e. The first-order valence-electron chi connectivity index (χ1n) is 7.58. The first kappa shape index (κ1) is 19.4. The minimum Gasteiger partial charge on any atom is -0.475 e. The molecule has 0 aromatic carbocycles. The molecule has 2 atom stereocenters. The number of aromatic amines is 1. The van der Waals surface area contributed by atoms with Gasteiger partial charge in [0.1, 0.15) is 5.52 Å². The maximum absolute atomic E-state index is 11.8. The number of carboxylic acids is 1. The third kappa shape index (κ3) is 5.58. The van der Waals surface area contributed by atoms with E-state index in [1.54, 1.807) is 12.3 Å². The number of carbonyl (C=O) groups is 2. The molecular weight excluding hydrogens is 357 g/mol. The highest BCUT2D eigenvalue weighted by atomic mass is 19.4. The first-order chi connectivity index (χ1) is 12.1. The molecule has 2 amide bonds. The Labute approximate surface area is 145 Å². The molecule has 0 bridgehead atoms. The molecule has 0 saturated heterocycles. The van der Waals surface area contributed by atoms with Crippen LogP contribution in [0.25, 0.3) is 11.2 Å². The topological polar surface area (TPSA) is 146 Å². The van der Waals surface area contributed by atoms with Gasteiger partial charge in [0, 0.05) is 18.3 Å². The van der Waals surface area contributed by atoms with Gasteiger partial charge in [0.05, 0.1) is 6.20 Å². The molecule has 0 unspecified atom stereocenters. The summed E-state index contributed by atoms with van der Waals surface area (Å²) < 4.78 is 31.7. The molecule has 2 aromatic rings. The summed E-state index contributed by atoms with van der Waals surface area (Å²) in [5.74, 6) is -2.32. The van der Waals surface area contributed by atoms with Crippen LogP contribution in [0.4, 0.5) is 23.8 Å². The number of anilines is 1. The van der Waals surface area contributed by atoms with Crippen molar-refractivity contribution in [2.24, 2.45) is 5.73 Å². The summed E-state index contributed by atoms with van der Waals surface area (Å²) >= 11 is 0. The van der Waals surface area contributed by atoms with Gasteiger partial charge in [-0.15, -0.1) is 0 Å². The molecular formula is C14H17F3N6O3. The molecule has 6 N–H and O–H groups in total. The molecule has 1 fully saturated rings. The third-order valence-corrected chi connectivity index (χ3v) is 3.55. The van der Waals surface area contributed by atoms with Crippen LogP contribution in [0.15, 0.2) is 18.5 Å². The summed E-state index contributed by atoms with van der Waals surface area (Å²) in [5.41, 5.74) is 7.23. The number of aromatic nitrogens is 3. The van der Waals surface area contributed by atoms with E-state index in [4.69, 9.17) is 15.6 Å². The van der Waals surface area contributed by atoms with Crippen molar-refractivity contribution in [3.63, 3.8) is 0 Å². The number of alkyl halides is 3. The molecule has 26 heavy (non-hydrogen) atoms. The predicted molar refractivity (Wildman–Crippen MR) is 85.3 cm³/mol. The summed E-state index contributed by atoms with van der Waals surface area (Å²) in [7, 11) is 0. The number of nitrogens with one attached hydrogen (secondary N) is 3. The molecule has 142 valence electrons. The summed E-state index contributed by atoms with van der Waals surface area (Å²) in [6.07, 6.45) is 0.917. The Hall–Kier alpha value is -2.89. The monoisotopic (exact) mass is 374 g/mol. The van der Waals surface area contributed by atoms with Crippen molar-refractivity contribution >= 4 is 29.0 Å². The van der Waals surface area contributed by atoms with Crippen LogP contribution in [0.5, 0.6) is 0 Å². The lowest BCUT2D eigenvalue weighted by atomic mass is 10.2. The minimum absolute atomic E-state index is 0.152. The van der Waals surface area contributed by atoms with Crippen molar-refractivity contribution in [3.05, 3.63) is 18.5 Å². The molecule has 0 aliphatic heterocycles. The Morgan fingerprint density at radius 2 is 2.04 bits per heavy atom. The zero-order valence-corrected chi connectivity index (χ0v) is 13.4. The van der Waals surface area contributed by atoms with Crippen molar-refractivity contribution < 1.29 is 27.9 Å². The highest BCUT2D eigenvalue weighted by Gasteiger charge is 2.38. The average Bonchev–Trinajstić information content (AvgIpc) is 3.15. The molecule has 0 radical (unpaired) electrons. The number of hydrogen-bond acceptors (Lipinski definition) is 5. The van der Waals surface area contributed by atoms with Crippen molar-refractivity contribution in [1.29, 1.82) is 0 Å². The van der Waals surface area contributed by atoms with Gasteiger partial charge in [-0.3, -0.25) is 5.32 Å². The molecule has 9 nitrogen and oxygen atoms in total. The Bertz CT molecular complexity index is 779. The lowest BCUT2D eigenvalue weighted by Gasteiger charge is -2.12. The number of amides is 2. The number of urea groups is 1. The molecule has 2 heterocycles. The number of H-pyrrole nitrogens is 1. The second kappa shape index (κ2) is 7.99. The largest absolute Gasteiger partial charge is 0.490 e. The second-order valence-corrected chi connectivity index (χ2v) is 5.64. The quantitative estimate of drug-likeness (QED) is 0.539. The average molecular weight is 374 g/mol. The van der Waals surface area contributed by atoms with Crippen LogP contribution in [-0.2, 0) is 4.79 Å². The van der Waals surface area contributed by atoms with E-state index in [2.05, 4.69) is 25.6 Å². The molecule has 0 spiro atoms. The maximum atomic E-state index is 11.8. The minimum atomic E-state index is -5.08. The van der Waals surface area contributed by atoms with Gasteiger partial charge in [0.25, 0.3) is 0 Å². The molecule has 3 rings (SSSR count). The van der Waals surface area contributed by atoms with E-state index in [1.807, 2.05) is 0 Å². The van der Waals surface area contributed by atoms with Crippen LogP contribution in [-0.4, -0.2) is 50.3 Å². The highest BCUT2D eigenvalue weighted by Crippen LogP contribution is 2.17. The lowest BCUT2D eigenvalue weighted by Crippen LogP contribution is -2.37. The fraction of sp³-hybridized carbons (Fsp3) is 0.429. The summed E-state index contributed by atoms with van der Waals surface area (Å²) in [4.78, 5) is 32.1. The van der Waals surface area contributed by atoms with E-state index in [-0.39, 0.29) is 18.1 Å². The standard InChI is InChI=1S/C12H16N6O.C2HF3O2/c13-7-1-2-8(5-7)16-12(19)18-10-6-15-11-9(17-10)3-4-14-11;3-2(4,5)1(6)7/h3-4,6-8H,1-2,5,13H2,(H,14,15)(H2,16,17,18,19);(H,6,7)/t7-,8-;/m0./s1. The normalized spacial score (nSPS) is 19.5. The number of hydrogen-bond donors (Lipinski definition) is 5. The van der Waals surface area contributed by atoms with Crippen molar-refractivity contribution in [2.45, 2.75) is 37.5 Å². The zero-order chi connectivity index (χ0) is 19.3. The SMILES string of the molecule is N[C@H]1CC[C@H](NC(=O)Nc2cnc3[nH]ccc3n2)C1.O=C(O)C(F)(F)F. The molecule has 1 saturated carbocycles. The molecule has 2 aromatic heterocycles. The number of aliphatic carboxylic acids is 1. The van der Waals surface area contributed by atoms with Gasteiger partial charge in [0.2, 0.25) is 0 Å².